The van der Waals surface area contributed by atoms with Gasteiger partial charge in [0.15, 0.2) is 5.69 Å². The van der Waals surface area contributed by atoms with E-state index in [4.69, 9.17) is 4.42 Å². The van der Waals surface area contributed by atoms with Crippen molar-refractivity contribution in [1.29, 1.82) is 0 Å². The van der Waals surface area contributed by atoms with Gasteiger partial charge in [-0.1, -0.05) is 54.6 Å². The largest absolute Gasteiger partial charge is 0.437 e. The minimum atomic E-state index is -4.88. The van der Waals surface area contributed by atoms with E-state index < -0.39 is 29.6 Å². The summed E-state index contributed by atoms with van der Waals surface area (Å²) in [4.78, 5) is 37.0. The van der Waals surface area contributed by atoms with E-state index in [9.17, 15) is 22.8 Å². The van der Waals surface area contributed by atoms with Gasteiger partial charge in [0.25, 0.3) is 5.91 Å². The second kappa shape index (κ2) is 12.0. The number of alkyl halides is 3. The van der Waals surface area contributed by atoms with Crippen molar-refractivity contribution in [1.82, 2.24) is 20.1 Å². The van der Waals surface area contributed by atoms with E-state index in [0.717, 1.165) is 5.56 Å². The van der Waals surface area contributed by atoms with Crippen molar-refractivity contribution in [2.75, 3.05) is 26.7 Å². The highest BCUT2D eigenvalue weighted by molar-refractivity contribution is 5.97. The van der Waals surface area contributed by atoms with E-state index >= 15 is 0 Å². The van der Waals surface area contributed by atoms with Gasteiger partial charge in [-0.2, -0.15) is 13.2 Å². The van der Waals surface area contributed by atoms with E-state index in [1.54, 1.807) is 47.2 Å². The standard InChI is InChI=1S/C28H28F3N5O3/c1-3-36(17-19-10-6-4-7-11-19)23(37)18-35(2)22-15-14-21(16-32-22)33-26(38)24-25(28(29,30)31)34-27(39-24)20-12-8-5-9-13-20/h4-15,21H,3,16-18H2,1-2H3,(H,33,38). The van der Waals surface area contributed by atoms with Gasteiger partial charge in [0.05, 0.1) is 19.1 Å². The van der Waals surface area contributed by atoms with Crippen LogP contribution in [0.4, 0.5) is 13.2 Å². The van der Waals surface area contributed by atoms with Crippen molar-refractivity contribution in [3.63, 3.8) is 0 Å². The lowest BCUT2D eigenvalue weighted by molar-refractivity contribution is -0.141. The highest BCUT2D eigenvalue weighted by atomic mass is 19.4. The quantitative estimate of drug-likeness (QED) is 0.458. The third kappa shape index (κ3) is 6.92. The van der Waals surface area contributed by atoms with Crippen LogP contribution in [0, 0.1) is 0 Å². The van der Waals surface area contributed by atoms with Crippen LogP contribution in [-0.4, -0.2) is 65.2 Å². The maximum Gasteiger partial charge on any atom is 0.437 e. The Morgan fingerprint density at radius 3 is 2.33 bits per heavy atom. The molecule has 39 heavy (non-hydrogen) atoms. The topological polar surface area (TPSA) is 91.0 Å². The lowest BCUT2D eigenvalue weighted by Crippen LogP contribution is -2.43. The van der Waals surface area contributed by atoms with Crippen molar-refractivity contribution in [2.24, 2.45) is 4.99 Å². The molecule has 1 N–H and O–H groups in total. The fourth-order valence-electron chi connectivity index (χ4n) is 4.02. The zero-order valence-electron chi connectivity index (χ0n) is 21.5. The number of hydrogen-bond donors (Lipinski definition) is 1. The van der Waals surface area contributed by atoms with Crippen LogP contribution in [0.5, 0.6) is 0 Å². The zero-order valence-corrected chi connectivity index (χ0v) is 21.5. The molecule has 3 aromatic rings. The minimum Gasteiger partial charge on any atom is -0.430 e. The average Bonchev–Trinajstić information content (AvgIpc) is 3.40. The number of oxazole rings is 1. The zero-order chi connectivity index (χ0) is 28.0. The molecule has 2 heterocycles. The summed E-state index contributed by atoms with van der Waals surface area (Å²) >= 11 is 0. The molecule has 0 fully saturated rings. The van der Waals surface area contributed by atoms with Crippen LogP contribution in [0.3, 0.4) is 0 Å². The Kier molecular flexibility index (Phi) is 8.48. The fourth-order valence-corrected chi connectivity index (χ4v) is 4.02. The molecule has 0 spiro atoms. The Labute approximate surface area is 223 Å². The van der Waals surface area contributed by atoms with Gasteiger partial charge in [0.2, 0.25) is 17.6 Å². The van der Waals surface area contributed by atoms with Crippen molar-refractivity contribution in [2.45, 2.75) is 25.7 Å². The van der Waals surface area contributed by atoms with Crippen molar-refractivity contribution in [3.8, 4) is 11.5 Å². The summed E-state index contributed by atoms with van der Waals surface area (Å²) < 4.78 is 46.0. The van der Waals surface area contributed by atoms with Crippen LogP contribution in [0.25, 0.3) is 11.5 Å². The molecule has 0 saturated carbocycles. The molecule has 4 rings (SSSR count). The Morgan fingerprint density at radius 2 is 1.74 bits per heavy atom. The van der Waals surface area contributed by atoms with Crippen molar-refractivity contribution in [3.05, 3.63) is 89.8 Å². The SMILES string of the molecule is CCN(Cc1ccccc1)C(=O)CN(C)C1=NCC(NC(=O)c2oc(-c3ccccc3)nc2C(F)(F)F)C=C1. The van der Waals surface area contributed by atoms with Crippen LogP contribution in [0.1, 0.15) is 28.7 Å². The number of hydrogen-bond acceptors (Lipinski definition) is 6. The summed E-state index contributed by atoms with van der Waals surface area (Å²) in [5.74, 6) is -1.81. The predicted octanol–water partition coefficient (Wildman–Crippen LogP) is 4.41. The van der Waals surface area contributed by atoms with E-state index in [1.165, 1.54) is 12.1 Å². The van der Waals surface area contributed by atoms with Crippen molar-refractivity contribution >= 4 is 17.6 Å². The number of nitrogens with zero attached hydrogens (tertiary/aromatic N) is 4. The molecule has 2 aromatic carbocycles. The van der Waals surface area contributed by atoms with Gasteiger partial charge in [0.1, 0.15) is 5.84 Å². The first-order valence-electron chi connectivity index (χ1n) is 12.4. The third-order valence-electron chi connectivity index (χ3n) is 6.08. The predicted molar refractivity (Wildman–Crippen MR) is 140 cm³/mol. The number of amidine groups is 1. The van der Waals surface area contributed by atoms with Crippen LogP contribution in [0.15, 0.2) is 82.2 Å². The second-order valence-electron chi connectivity index (χ2n) is 8.95. The van der Waals surface area contributed by atoms with Crippen LogP contribution in [-0.2, 0) is 17.5 Å². The molecule has 1 aliphatic heterocycles. The van der Waals surface area contributed by atoms with Gasteiger partial charge in [-0.25, -0.2) is 4.98 Å². The van der Waals surface area contributed by atoms with E-state index in [2.05, 4.69) is 15.3 Å². The Morgan fingerprint density at radius 1 is 1.08 bits per heavy atom. The smallest absolute Gasteiger partial charge is 0.430 e. The van der Waals surface area contributed by atoms with Gasteiger partial charge in [0, 0.05) is 25.7 Å². The molecule has 1 aromatic heterocycles. The number of nitrogens with one attached hydrogen (secondary N) is 1. The lowest BCUT2D eigenvalue weighted by atomic mass is 10.2. The average molecular weight is 540 g/mol. The number of likely N-dealkylation sites (N-methyl/N-ethyl adjacent to an activating group) is 2. The maximum absolute atomic E-state index is 13.6. The molecule has 1 aliphatic rings. The van der Waals surface area contributed by atoms with Crippen LogP contribution < -0.4 is 5.32 Å². The highest BCUT2D eigenvalue weighted by Gasteiger charge is 2.41. The van der Waals surface area contributed by atoms with Gasteiger partial charge < -0.3 is 19.5 Å². The van der Waals surface area contributed by atoms with Crippen LogP contribution in [0.2, 0.25) is 0 Å². The molecule has 2 amide bonds. The highest BCUT2D eigenvalue weighted by Crippen LogP contribution is 2.34. The summed E-state index contributed by atoms with van der Waals surface area (Å²) in [6.45, 7) is 3.13. The minimum absolute atomic E-state index is 0.0744. The summed E-state index contributed by atoms with van der Waals surface area (Å²) in [6.07, 6.45) is -1.64. The number of halogens is 3. The Balaban J connectivity index is 1.37. The van der Waals surface area contributed by atoms with Crippen LogP contribution >= 0.6 is 0 Å². The summed E-state index contributed by atoms with van der Waals surface area (Å²) in [5, 5.41) is 2.51. The second-order valence-corrected chi connectivity index (χ2v) is 8.95. The van der Waals surface area contributed by atoms with Gasteiger partial charge in [-0.15, -0.1) is 0 Å². The lowest BCUT2D eigenvalue weighted by Gasteiger charge is -2.27. The van der Waals surface area contributed by atoms with Gasteiger partial charge in [-0.05, 0) is 30.7 Å². The number of amides is 2. The molecule has 1 unspecified atom stereocenters. The molecule has 0 saturated heterocycles. The van der Waals surface area contributed by atoms with Gasteiger partial charge >= 0.3 is 6.18 Å². The Hall–Kier alpha value is -4.41. The number of rotatable bonds is 8. The van der Waals surface area contributed by atoms with E-state index in [0.29, 0.717) is 24.5 Å². The molecule has 0 bridgehead atoms. The number of dihydropyridines is 1. The molecule has 0 radical (unpaired) electrons. The maximum atomic E-state index is 13.6. The fraction of sp³-hybridized carbons (Fsp3) is 0.286. The molecule has 8 nitrogen and oxygen atoms in total. The summed E-state index contributed by atoms with van der Waals surface area (Å²) in [5.41, 5.74) is -0.0472. The normalized spacial score (nSPS) is 15.0. The number of benzene rings is 2. The molecule has 1 atom stereocenters. The number of carbonyl (C=O) groups is 2. The summed E-state index contributed by atoms with van der Waals surface area (Å²) in [6, 6.07) is 17.0. The first-order valence-corrected chi connectivity index (χ1v) is 12.4. The van der Waals surface area contributed by atoms with Crippen molar-refractivity contribution < 1.29 is 27.2 Å². The number of carbonyl (C=O) groups excluding carboxylic acids is 2. The number of aromatic nitrogens is 1. The first kappa shape index (κ1) is 27.6. The molecule has 0 aliphatic carbocycles. The number of aliphatic imine (C=N–C) groups is 1. The monoisotopic (exact) mass is 539 g/mol. The molecular weight excluding hydrogens is 511 g/mol. The third-order valence-corrected chi connectivity index (χ3v) is 6.08. The molecule has 204 valence electrons. The summed E-state index contributed by atoms with van der Waals surface area (Å²) in [7, 11) is 1.73. The van der Waals surface area contributed by atoms with E-state index in [-0.39, 0.29) is 24.9 Å². The molecular formula is C28H28F3N5O3. The van der Waals surface area contributed by atoms with Gasteiger partial charge in [-0.3, -0.25) is 14.6 Å². The molecule has 11 heteroatoms. The Bertz CT molecular complexity index is 1350. The first-order chi connectivity index (χ1) is 18.7. The van der Waals surface area contributed by atoms with E-state index in [1.807, 2.05) is 37.3 Å².